The molecule has 0 saturated carbocycles. The molecule has 3 atom stereocenters. The summed E-state index contributed by atoms with van der Waals surface area (Å²) in [5.41, 5.74) is 4.45. The number of hydroxylamine groups is 1. The van der Waals surface area contributed by atoms with Crippen molar-refractivity contribution in [2.45, 2.75) is 37.9 Å². The maximum absolute atomic E-state index is 13.6. The van der Waals surface area contributed by atoms with Crippen LogP contribution in [0.2, 0.25) is 0 Å². The SMILES string of the molecule is CC(C)C[C@@H](C(=O)NN)[C@@H](C(=O)NO)C(/C=C/c1ccccc1)(C1CCOCC1)S(C)(=O)=O. The topological polar surface area (TPSA) is 148 Å². The van der Waals surface area contributed by atoms with E-state index in [-0.39, 0.29) is 12.3 Å². The number of carbonyl (C=O) groups excluding carboxylic acids is 2. The molecule has 1 aromatic rings. The first-order valence-corrected chi connectivity index (χ1v) is 12.9. The van der Waals surface area contributed by atoms with Crippen molar-refractivity contribution in [3.63, 3.8) is 0 Å². The Morgan fingerprint density at radius 1 is 1.21 bits per heavy atom. The van der Waals surface area contributed by atoms with Gasteiger partial charge in [0, 0.05) is 19.5 Å². The van der Waals surface area contributed by atoms with Crippen molar-refractivity contribution in [3.05, 3.63) is 42.0 Å². The van der Waals surface area contributed by atoms with Crippen LogP contribution in [-0.2, 0) is 24.2 Å². The van der Waals surface area contributed by atoms with Crippen molar-refractivity contribution in [1.82, 2.24) is 10.9 Å². The largest absolute Gasteiger partial charge is 0.381 e. The highest BCUT2D eigenvalue weighted by atomic mass is 32.2. The van der Waals surface area contributed by atoms with Gasteiger partial charge < -0.3 is 4.74 Å². The van der Waals surface area contributed by atoms with Gasteiger partial charge in [-0.1, -0.05) is 56.3 Å². The summed E-state index contributed by atoms with van der Waals surface area (Å²) in [5.74, 6) is 0.740. The van der Waals surface area contributed by atoms with E-state index in [4.69, 9.17) is 10.6 Å². The molecule has 1 unspecified atom stereocenters. The molecular weight excluding hydrogens is 446 g/mol. The summed E-state index contributed by atoms with van der Waals surface area (Å²) in [4.78, 5) is 26.1. The Morgan fingerprint density at radius 2 is 1.82 bits per heavy atom. The third kappa shape index (κ3) is 6.20. The van der Waals surface area contributed by atoms with Gasteiger partial charge in [-0.3, -0.25) is 20.2 Å². The number of hydrazine groups is 1. The predicted octanol–water partition coefficient (Wildman–Crippen LogP) is 1.68. The number of nitrogens with two attached hydrogens (primary N) is 1. The van der Waals surface area contributed by atoms with Crippen LogP contribution >= 0.6 is 0 Å². The zero-order chi connectivity index (χ0) is 24.6. The lowest BCUT2D eigenvalue weighted by Gasteiger charge is -2.46. The second-order valence-corrected chi connectivity index (χ2v) is 11.2. The van der Waals surface area contributed by atoms with Crippen LogP contribution in [0.3, 0.4) is 0 Å². The van der Waals surface area contributed by atoms with Gasteiger partial charge in [0.2, 0.25) is 11.8 Å². The lowest BCUT2D eigenvalue weighted by Crippen LogP contribution is -2.60. The smallest absolute Gasteiger partial charge is 0.249 e. The zero-order valence-electron chi connectivity index (χ0n) is 19.4. The molecule has 5 N–H and O–H groups in total. The van der Waals surface area contributed by atoms with E-state index in [1.807, 2.05) is 44.2 Å². The molecule has 1 aliphatic heterocycles. The quantitative estimate of drug-likeness (QED) is 0.172. The normalized spacial score (nSPS) is 19.1. The lowest BCUT2D eigenvalue weighted by molar-refractivity contribution is -0.143. The molecular formula is C23H35N3O6S. The molecule has 2 amide bonds. The van der Waals surface area contributed by atoms with Gasteiger partial charge in [-0.05, 0) is 36.7 Å². The van der Waals surface area contributed by atoms with E-state index in [1.165, 1.54) is 6.08 Å². The Morgan fingerprint density at radius 3 is 2.30 bits per heavy atom. The highest BCUT2D eigenvalue weighted by Crippen LogP contribution is 2.46. The standard InChI is InChI=1S/C23H35N3O6S/c1-16(2)15-19(21(27)25-24)20(22(28)26-29)23(33(3,30)31,18-10-13-32-14-11-18)12-9-17-7-5-4-6-8-17/h4-9,12,16,18-20,29H,10-11,13-15,24H2,1-3H3,(H,25,27)(H,26,28)/b12-9+/t19-,20+,23?/m1/s1. The van der Waals surface area contributed by atoms with E-state index in [1.54, 1.807) is 11.6 Å². The number of carbonyl (C=O) groups is 2. The van der Waals surface area contributed by atoms with E-state index in [0.29, 0.717) is 26.1 Å². The van der Waals surface area contributed by atoms with Crippen LogP contribution in [0.25, 0.3) is 6.08 Å². The average molecular weight is 482 g/mol. The Hall–Kier alpha value is -2.27. The molecule has 9 nitrogen and oxygen atoms in total. The van der Waals surface area contributed by atoms with Gasteiger partial charge in [-0.15, -0.1) is 0 Å². The Kier molecular flexibility index (Phi) is 9.59. The molecule has 0 bridgehead atoms. The van der Waals surface area contributed by atoms with Crippen LogP contribution in [0, 0.1) is 23.7 Å². The van der Waals surface area contributed by atoms with Gasteiger partial charge in [-0.2, -0.15) is 0 Å². The Balaban J connectivity index is 2.84. The van der Waals surface area contributed by atoms with Crippen LogP contribution in [-0.4, -0.2) is 49.7 Å². The van der Waals surface area contributed by atoms with Crippen LogP contribution in [0.1, 0.15) is 38.7 Å². The second-order valence-electron chi connectivity index (χ2n) is 8.95. The van der Waals surface area contributed by atoms with E-state index < -0.39 is 44.2 Å². The number of nitrogens with one attached hydrogen (secondary N) is 2. The molecule has 1 aromatic carbocycles. The third-order valence-corrected chi connectivity index (χ3v) is 8.33. The van der Waals surface area contributed by atoms with Crippen LogP contribution < -0.4 is 16.7 Å². The first kappa shape index (κ1) is 27.0. The van der Waals surface area contributed by atoms with E-state index in [2.05, 4.69) is 5.43 Å². The molecule has 33 heavy (non-hydrogen) atoms. The highest BCUT2D eigenvalue weighted by Gasteiger charge is 2.58. The van der Waals surface area contributed by atoms with Gasteiger partial charge in [0.25, 0.3) is 0 Å². The molecule has 10 heteroatoms. The lowest BCUT2D eigenvalue weighted by atomic mass is 9.68. The number of benzene rings is 1. The van der Waals surface area contributed by atoms with Crippen molar-refractivity contribution >= 4 is 27.7 Å². The van der Waals surface area contributed by atoms with Crippen LogP contribution in [0.5, 0.6) is 0 Å². The van der Waals surface area contributed by atoms with Gasteiger partial charge in [0.15, 0.2) is 9.84 Å². The minimum absolute atomic E-state index is 0.0497. The predicted molar refractivity (Wildman–Crippen MR) is 125 cm³/mol. The highest BCUT2D eigenvalue weighted by molar-refractivity contribution is 7.92. The van der Waals surface area contributed by atoms with Gasteiger partial charge in [0.05, 0.1) is 11.8 Å². The van der Waals surface area contributed by atoms with E-state index >= 15 is 0 Å². The number of hydrogen-bond donors (Lipinski definition) is 4. The summed E-state index contributed by atoms with van der Waals surface area (Å²) in [5, 5.41) is 9.65. The van der Waals surface area contributed by atoms with Crippen molar-refractivity contribution in [2.24, 2.45) is 29.5 Å². The minimum Gasteiger partial charge on any atom is -0.381 e. The van der Waals surface area contributed by atoms with Crippen molar-refractivity contribution in [3.8, 4) is 0 Å². The maximum Gasteiger partial charge on any atom is 0.249 e. The Labute approximate surface area is 195 Å². The fourth-order valence-corrected chi connectivity index (χ4v) is 6.76. The number of rotatable bonds is 10. The summed E-state index contributed by atoms with van der Waals surface area (Å²) in [6.07, 6.45) is 5.19. The van der Waals surface area contributed by atoms with Crippen molar-refractivity contribution in [2.75, 3.05) is 19.5 Å². The number of ether oxygens (including phenoxy) is 1. The maximum atomic E-state index is 13.6. The molecule has 1 fully saturated rings. The minimum atomic E-state index is -4.01. The first-order chi connectivity index (χ1) is 15.6. The molecule has 1 aliphatic rings. The molecule has 0 radical (unpaired) electrons. The second kappa shape index (κ2) is 11.7. The molecule has 2 rings (SSSR count). The number of amides is 2. The zero-order valence-corrected chi connectivity index (χ0v) is 20.2. The molecule has 184 valence electrons. The van der Waals surface area contributed by atoms with Gasteiger partial charge in [0.1, 0.15) is 4.75 Å². The molecule has 0 spiro atoms. The van der Waals surface area contributed by atoms with Crippen molar-refractivity contribution in [1.29, 1.82) is 0 Å². The van der Waals surface area contributed by atoms with Gasteiger partial charge in [-0.25, -0.2) is 19.7 Å². The number of sulfone groups is 1. The summed E-state index contributed by atoms with van der Waals surface area (Å²) in [6, 6.07) is 9.10. The fraction of sp³-hybridized carbons (Fsp3) is 0.565. The fourth-order valence-electron chi connectivity index (χ4n) is 4.87. The Bertz CT molecular complexity index is 929. The third-order valence-electron chi connectivity index (χ3n) is 6.32. The summed E-state index contributed by atoms with van der Waals surface area (Å²) >= 11 is 0. The summed E-state index contributed by atoms with van der Waals surface area (Å²) in [6.45, 7) is 4.38. The monoisotopic (exact) mass is 481 g/mol. The van der Waals surface area contributed by atoms with Crippen LogP contribution in [0.15, 0.2) is 36.4 Å². The van der Waals surface area contributed by atoms with E-state index in [0.717, 1.165) is 11.8 Å². The van der Waals surface area contributed by atoms with E-state index in [9.17, 15) is 23.2 Å². The first-order valence-electron chi connectivity index (χ1n) is 11.0. The average Bonchev–Trinajstić information content (AvgIpc) is 2.80. The molecule has 0 aromatic heterocycles. The molecule has 1 saturated heterocycles. The molecule has 0 aliphatic carbocycles. The molecule has 1 heterocycles. The number of hydrogen-bond acceptors (Lipinski definition) is 7. The van der Waals surface area contributed by atoms with Crippen LogP contribution in [0.4, 0.5) is 0 Å². The summed E-state index contributed by atoms with van der Waals surface area (Å²) in [7, 11) is -4.01. The summed E-state index contributed by atoms with van der Waals surface area (Å²) < 4.78 is 30.9. The van der Waals surface area contributed by atoms with Gasteiger partial charge >= 0.3 is 0 Å². The van der Waals surface area contributed by atoms with Crippen molar-refractivity contribution < 1.29 is 28.0 Å².